The van der Waals surface area contributed by atoms with Crippen molar-refractivity contribution in [2.24, 2.45) is 5.92 Å². The molecule has 0 aliphatic heterocycles. The Hall–Kier alpha value is -0.590. The summed E-state index contributed by atoms with van der Waals surface area (Å²) in [5.74, 6) is 0.0362. The molecule has 2 N–H and O–H groups in total. The minimum atomic E-state index is -0.209. The van der Waals surface area contributed by atoms with Crippen molar-refractivity contribution in [3.63, 3.8) is 0 Å². The topological polar surface area (TPSA) is 56.0 Å². The van der Waals surface area contributed by atoms with Crippen LogP contribution < -0.4 is 5.32 Å². The molecule has 0 aromatic carbocycles. The van der Waals surface area contributed by atoms with Crippen LogP contribution in [0.25, 0.3) is 0 Å². The van der Waals surface area contributed by atoms with E-state index in [1.165, 1.54) is 6.42 Å². The highest BCUT2D eigenvalue weighted by Gasteiger charge is 2.22. The van der Waals surface area contributed by atoms with Crippen molar-refractivity contribution in [3.8, 4) is 6.07 Å². The molecular weight excluding hydrogens is 164 g/mol. The van der Waals surface area contributed by atoms with Crippen molar-refractivity contribution in [3.05, 3.63) is 0 Å². The molecule has 74 valence electrons. The van der Waals surface area contributed by atoms with E-state index < -0.39 is 0 Å². The largest absolute Gasteiger partial charge is 0.392 e. The summed E-state index contributed by atoms with van der Waals surface area (Å²) in [5, 5.41) is 21.4. The van der Waals surface area contributed by atoms with E-state index in [1.807, 2.05) is 6.92 Å². The van der Waals surface area contributed by atoms with Crippen molar-refractivity contribution in [2.75, 3.05) is 6.54 Å². The number of nitrogens with one attached hydrogen (secondary N) is 1. The third-order valence-corrected chi connectivity index (χ3v) is 2.64. The minimum absolute atomic E-state index is 0.0362. The minimum Gasteiger partial charge on any atom is -0.392 e. The van der Waals surface area contributed by atoms with Gasteiger partial charge in [-0.15, -0.1) is 0 Å². The Kier molecular flexibility index (Phi) is 4.20. The zero-order valence-corrected chi connectivity index (χ0v) is 8.16. The summed E-state index contributed by atoms with van der Waals surface area (Å²) < 4.78 is 0. The fourth-order valence-corrected chi connectivity index (χ4v) is 1.72. The second-order valence-electron chi connectivity index (χ2n) is 3.90. The number of aliphatic hydroxyl groups is 1. The Balaban J connectivity index is 2.23. The lowest BCUT2D eigenvalue weighted by Gasteiger charge is -2.28. The van der Waals surface area contributed by atoms with E-state index in [0.29, 0.717) is 6.54 Å². The molecule has 0 aromatic rings. The monoisotopic (exact) mass is 182 g/mol. The number of hydrogen-bond acceptors (Lipinski definition) is 3. The van der Waals surface area contributed by atoms with E-state index in [-0.39, 0.29) is 18.1 Å². The molecule has 3 unspecified atom stereocenters. The van der Waals surface area contributed by atoms with Crippen molar-refractivity contribution in [1.82, 2.24) is 5.32 Å². The predicted octanol–water partition coefficient (Wildman–Crippen LogP) is 1.04. The smallest absolute Gasteiger partial charge is 0.0693 e. The van der Waals surface area contributed by atoms with Gasteiger partial charge in [0.15, 0.2) is 0 Å². The molecule has 1 aliphatic rings. The third-order valence-electron chi connectivity index (χ3n) is 2.64. The molecule has 13 heavy (non-hydrogen) atoms. The molecule has 0 saturated heterocycles. The second-order valence-corrected chi connectivity index (χ2v) is 3.90. The summed E-state index contributed by atoms with van der Waals surface area (Å²) in [5.41, 5.74) is 0. The molecular formula is C10H18N2O. The van der Waals surface area contributed by atoms with Crippen LogP contribution in [0.2, 0.25) is 0 Å². The van der Waals surface area contributed by atoms with Gasteiger partial charge in [0.1, 0.15) is 0 Å². The Morgan fingerprint density at radius 1 is 1.54 bits per heavy atom. The Bertz CT molecular complexity index is 188. The zero-order chi connectivity index (χ0) is 9.68. The highest BCUT2D eigenvalue weighted by atomic mass is 16.3. The summed E-state index contributed by atoms with van der Waals surface area (Å²) in [6, 6.07) is 2.39. The molecule has 0 radical (unpaired) electrons. The summed E-state index contributed by atoms with van der Waals surface area (Å²) in [4.78, 5) is 0. The first-order valence-electron chi connectivity index (χ1n) is 5.05. The van der Waals surface area contributed by atoms with Gasteiger partial charge in [0.05, 0.1) is 18.1 Å². The fraction of sp³-hybridized carbons (Fsp3) is 0.900. The van der Waals surface area contributed by atoms with Gasteiger partial charge >= 0.3 is 0 Å². The normalized spacial score (nSPS) is 30.8. The van der Waals surface area contributed by atoms with Gasteiger partial charge in [0, 0.05) is 12.6 Å². The van der Waals surface area contributed by atoms with Crippen molar-refractivity contribution in [1.29, 1.82) is 5.26 Å². The summed E-state index contributed by atoms with van der Waals surface area (Å²) >= 11 is 0. The van der Waals surface area contributed by atoms with Crippen molar-refractivity contribution < 1.29 is 5.11 Å². The first-order valence-corrected chi connectivity index (χ1v) is 5.05. The van der Waals surface area contributed by atoms with E-state index in [4.69, 9.17) is 5.26 Å². The van der Waals surface area contributed by atoms with E-state index in [1.54, 1.807) is 0 Å². The van der Waals surface area contributed by atoms with E-state index in [9.17, 15) is 5.11 Å². The maximum atomic E-state index is 9.61. The van der Waals surface area contributed by atoms with Gasteiger partial charge < -0.3 is 10.4 Å². The van der Waals surface area contributed by atoms with E-state index in [0.717, 1.165) is 19.3 Å². The maximum absolute atomic E-state index is 9.61. The van der Waals surface area contributed by atoms with Gasteiger partial charge in [-0.2, -0.15) is 5.26 Å². The fourth-order valence-electron chi connectivity index (χ4n) is 1.72. The average molecular weight is 182 g/mol. The van der Waals surface area contributed by atoms with Crippen LogP contribution in [0.4, 0.5) is 0 Å². The number of aliphatic hydroxyl groups excluding tert-OH is 1. The molecule has 3 atom stereocenters. The summed E-state index contributed by atoms with van der Waals surface area (Å²) in [6.07, 6.45) is 4.06. The highest BCUT2D eigenvalue weighted by molar-refractivity contribution is 4.85. The van der Waals surface area contributed by atoms with Crippen LogP contribution >= 0.6 is 0 Å². The third kappa shape index (κ3) is 3.33. The molecule has 3 nitrogen and oxygen atoms in total. The molecule has 1 fully saturated rings. The van der Waals surface area contributed by atoms with Gasteiger partial charge in [0.25, 0.3) is 0 Å². The van der Waals surface area contributed by atoms with Gasteiger partial charge in [-0.1, -0.05) is 12.8 Å². The van der Waals surface area contributed by atoms with E-state index in [2.05, 4.69) is 11.4 Å². The van der Waals surface area contributed by atoms with E-state index >= 15 is 0 Å². The first-order chi connectivity index (χ1) is 6.24. The molecule has 0 aromatic heterocycles. The average Bonchev–Trinajstić information content (AvgIpc) is 2.16. The van der Waals surface area contributed by atoms with Gasteiger partial charge in [-0.05, 0) is 19.8 Å². The molecule has 0 amide bonds. The van der Waals surface area contributed by atoms with Crippen LogP contribution in [0.15, 0.2) is 0 Å². The van der Waals surface area contributed by atoms with Crippen LogP contribution in [0.5, 0.6) is 0 Å². The van der Waals surface area contributed by atoms with Crippen molar-refractivity contribution >= 4 is 0 Å². The number of rotatable bonds is 3. The number of nitrogens with zero attached hydrogens (tertiary/aromatic N) is 1. The lowest BCUT2D eigenvalue weighted by atomic mass is 9.92. The molecule has 3 heteroatoms. The standard InChI is InChI=1S/C10H18N2O/c1-8(6-11)7-12-9-4-2-3-5-10(9)13/h8-10,12-13H,2-5,7H2,1H3. The van der Waals surface area contributed by atoms with Gasteiger partial charge in [0.2, 0.25) is 0 Å². The first kappa shape index (κ1) is 10.5. The zero-order valence-electron chi connectivity index (χ0n) is 8.16. The molecule has 1 aliphatic carbocycles. The van der Waals surface area contributed by atoms with Crippen LogP contribution in [-0.4, -0.2) is 23.8 Å². The quantitative estimate of drug-likeness (QED) is 0.685. The summed E-state index contributed by atoms with van der Waals surface area (Å²) in [6.45, 7) is 2.58. The van der Waals surface area contributed by atoms with Crippen LogP contribution in [0, 0.1) is 17.2 Å². The predicted molar refractivity (Wildman–Crippen MR) is 51.0 cm³/mol. The Labute approximate surface area is 79.8 Å². The summed E-state index contributed by atoms with van der Waals surface area (Å²) in [7, 11) is 0. The SMILES string of the molecule is CC(C#N)CNC1CCCCC1O. The molecule has 0 spiro atoms. The highest BCUT2D eigenvalue weighted by Crippen LogP contribution is 2.18. The van der Waals surface area contributed by atoms with Gasteiger partial charge in [-0.3, -0.25) is 0 Å². The van der Waals surface area contributed by atoms with Crippen LogP contribution in [0.3, 0.4) is 0 Å². The number of nitriles is 1. The Morgan fingerprint density at radius 3 is 2.85 bits per heavy atom. The lowest BCUT2D eigenvalue weighted by molar-refractivity contribution is 0.0902. The molecule has 0 heterocycles. The second kappa shape index (κ2) is 5.21. The molecule has 1 rings (SSSR count). The Morgan fingerprint density at radius 2 is 2.23 bits per heavy atom. The van der Waals surface area contributed by atoms with Crippen molar-refractivity contribution in [2.45, 2.75) is 44.8 Å². The van der Waals surface area contributed by atoms with Crippen LogP contribution in [0.1, 0.15) is 32.6 Å². The lowest BCUT2D eigenvalue weighted by Crippen LogP contribution is -2.43. The maximum Gasteiger partial charge on any atom is 0.0693 e. The molecule has 0 bridgehead atoms. The molecule has 1 saturated carbocycles. The van der Waals surface area contributed by atoms with Gasteiger partial charge in [-0.25, -0.2) is 0 Å². The number of hydrogen-bond donors (Lipinski definition) is 2. The van der Waals surface area contributed by atoms with Crippen LogP contribution in [-0.2, 0) is 0 Å².